The molecule has 0 bridgehead atoms. The van der Waals surface area contributed by atoms with Gasteiger partial charge in [0.1, 0.15) is 17.5 Å². The van der Waals surface area contributed by atoms with E-state index >= 15 is 0 Å². The zero-order valence-corrected chi connectivity index (χ0v) is 21.8. The summed E-state index contributed by atoms with van der Waals surface area (Å²) < 4.78 is 10.8. The Morgan fingerprint density at radius 2 is 1.89 bits per heavy atom. The van der Waals surface area contributed by atoms with Gasteiger partial charge in [-0.05, 0) is 58.7 Å². The highest BCUT2D eigenvalue weighted by atomic mass is 35.5. The summed E-state index contributed by atoms with van der Waals surface area (Å²) in [6.45, 7) is 8.97. The van der Waals surface area contributed by atoms with E-state index in [-0.39, 0.29) is 18.1 Å². The van der Waals surface area contributed by atoms with Crippen LogP contribution in [0.15, 0.2) is 36.8 Å². The van der Waals surface area contributed by atoms with E-state index in [0.29, 0.717) is 48.9 Å². The maximum atomic E-state index is 13.1. The first-order valence-corrected chi connectivity index (χ1v) is 12.4. The molecule has 1 aromatic carbocycles. The van der Waals surface area contributed by atoms with E-state index in [1.54, 1.807) is 24.7 Å². The van der Waals surface area contributed by atoms with Gasteiger partial charge < -0.3 is 19.8 Å². The second kappa shape index (κ2) is 10.8. The predicted molar refractivity (Wildman–Crippen MR) is 137 cm³/mol. The van der Waals surface area contributed by atoms with Crippen molar-refractivity contribution in [3.05, 3.63) is 58.8 Å². The minimum atomic E-state index is -0.645. The summed E-state index contributed by atoms with van der Waals surface area (Å²) in [7, 11) is 0. The Kier molecular flexibility index (Phi) is 7.80. The number of amides is 1. The van der Waals surface area contributed by atoms with Gasteiger partial charge in [0.15, 0.2) is 0 Å². The molecule has 1 fully saturated rings. The summed E-state index contributed by atoms with van der Waals surface area (Å²) in [6, 6.07) is 5.27. The Bertz CT molecular complexity index is 1210. The standard InChI is InChI=1S/C26H32ClN5O4/c1-16-29-13-17(14-30-16)22(32-11-8-18(9-12-32)35-25(34)36-26(2,3)4)15-31-24(33)20-5-6-21-19(23(20)27)7-10-28-21/h5-7,10,13-14,18,22,28H,8-9,11-12,15H2,1-4H3,(H,31,33). The average molecular weight is 514 g/mol. The number of benzene rings is 1. The van der Waals surface area contributed by atoms with Crippen molar-refractivity contribution in [2.45, 2.75) is 58.3 Å². The SMILES string of the molecule is Cc1ncc(C(CNC(=O)c2ccc3[nH]ccc3c2Cl)N2CCC(OC(=O)OC(C)(C)C)CC2)cn1. The van der Waals surface area contributed by atoms with Gasteiger partial charge in [-0.1, -0.05) is 11.6 Å². The lowest BCUT2D eigenvalue weighted by Gasteiger charge is -2.37. The average Bonchev–Trinajstić information content (AvgIpc) is 3.30. The van der Waals surface area contributed by atoms with Crippen molar-refractivity contribution < 1.29 is 19.1 Å². The van der Waals surface area contributed by atoms with Crippen LogP contribution in [0.5, 0.6) is 0 Å². The first-order chi connectivity index (χ1) is 17.1. The third-order valence-corrected chi connectivity index (χ3v) is 6.53. The number of nitrogens with zero attached hydrogens (tertiary/aromatic N) is 3. The molecule has 1 atom stereocenters. The minimum Gasteiger partial charge on any atom is -0.431 e. The number of piperidine rings is 1. The molecule has 0 spiro atoms. The molecule has 10 heteroatoms. The fourth-order valence-corrected chi connectivity index (χ4v) is 4.62. The monoisotopic (exact) mass is 513 g/mol. The van der Waals surface area contributed by atoms with Gasteiger partial charge in [-0.25, -0.2) is 14.8 Å². The van der Waals surface area contributed by atoms with E-state index < -0.39 is 11.8 Å². The summed E-state index contributed by atoms with van der Waals surface area (Å²) in [5, 5.41) is 4.26. The highest BCUT2D eigenvalue weighted by Crippen LogP contribution is 2.28. The quantitative estimate of drug-likeness (QED) is 0.455. The lowest BCUT2D eigenvalue weighted by molar-refractivity contribution is -0.0420. The Labute approximate surface area is 215 Å². The Hall–Kier alpha value is -3.17. The number of carbonyl (C=O) groups excluding carboxylic acids is 2. The van der Waals surface area contributed by atoms with Gasteiger partial charge in [-0.15, -0.1) is 0 Å². The summed E-state index contributed by atoms with van der Waals surface area (Å²) in [6.07, 6.45) is 5.84. The molecular formula is C26H32ClN5O4. The van der Waals surface area contributed by atoms with Gasteiger partial charge in [0.25, 0.3) is 5.91 Å². The highest BCUT2D eigenvalue weighted by molar-refractivity contribution is 6.38. The molecule has 1 aliphatic rings. The fraction of sp³-hybridized carbons (Fsp3) is 0.462. The van der Waals surface area contributed by atoms with Crippen LogP contribution in [0.3, 0.4) is 0 Å². The molecule has 1 unspecified atom stereocenters. The molecular weight excluding hydrogens is 482 g/mol. The summed E-state index contributed by atoms with van der Waals surface area (Å²) in [5.74, 6) is 0.432. The van der Waals surface area contributed by atoms with E-state index in [1.165, 1.54) is 0 Å². The largest absolute Gasteiger partial charge is 0.509 e. The fourth-order valence-electron chi connectivity index (χ4n) is 4.30. The predicted octanol–water partition coefficient (Wildman–Crippen LogP) is 4.81. The van der Waals surface area contributed by atoms with Crippen LogP contribution >= 0.6 is 11.6 Å². The number of carbonyl (C=O) groups is 2. The van der Waals surface area contributed by atoms with E-state index in [0.717, 1.165) is 16.5 Å². The number of aryl methyl sites for hydroxylation is 1. The van der Waals surface area contributed by atoms with E-state index in [1.807, 2.05) is 39.8 Å². The number of ether oxygens (including phenoxy) is 2. The molecule has 2 N–H and O–H groups in total. The lowest BCUT2D eigenvalue weighted by atomic mass is 10.0. The number of likely N-dealkylation sites (tertiary alicyclic amines) is 1. The summed E-state index contributed by atoms with van der Waals surface area (Å²) in [5.41, 5.74) is 1.61. The minimum absolute atomic E-state index is 0.146. The highest BCUT2D eigenvalue weighted by Gasteiger charge is 2.30. The van der Waals surface area contributed by atoms with Crippen LogP contribution in [0.25, 0.3) is 10.9 Å². The summed E-state index contributed by atoms with van der Waals surface area (Å²) >= 11 is 6.51. The second-order valence-corrected chi connectivity index (χ2v) is 10.4. The van der Waals surface area contributed by atoms with Crippen molar-refractivity contribution in [2.75, 3.05) is 19.6 Å². The third-order valence-electron chi connectivity index (χ3n) is 6.12. The zero-order valence-electron chi connectivity index (χ0n) is 21.0. The van der Waals surface area contributed by atoms with Gasteiger partial charge in [-0.2, -0.15) is 0 Å². The second-order valence-electron chi connectivity index (χ2n) is 9.97. The van der Waals surface area contributed by atoms with E-state index in [4.69, 9.17) is 21.1 Å². The Balaban J connectivity index is 1.43. The van der Waals surface area contributed by atoms with Gasteiger partial charge in [0.2, 0.25) is 0 Å². The van der Waals surface area contributed by atoms with Crippen molar-refractivity contribution in [2.24, 2.45) is 0 Å². The maximum Gasteiger partial charge on any atom is 0.509 e. The van der Waals surface area contributed by atoms with Gasteiger partial charge in [0, 0.05) is 54.7 Å². The molecule has 4 rings (SSSR count). The number of hydrogen-bond acceptors (Lipinski definition) is 7. The zero-order chi connectivity index (χ0) is 25.9. The van der Waals surface area contributed by atoms with Crippen LogP contribution in [-0.2, 0) is 9.47 Å². The molecule has 192 valence electrons. The summed E-state index contributed by atoms with van der Waals surface area (Å²) in [4.78, 5) is 39.2. The third kappa shape index (κ3) is 6.33. The molecule has 0 saturated carbocycles. The Morgan fingerprint density at radius 3 is 2.56 bits per heavy atom. The number of hydrogen-bond donors (Lipinski definition) is 2. The molecule has 1 saturated heterocycles. The van der Waals surface area contributed by atoms with E-state index in [2.05, 4.69) is 25.2 Å². The van der Waals surface area contributed by atoms with Crippen molar-refractivity contribution in [1.82, 2.24) is 25.2 Å². The number of aromatic amines is 1. The number of H-pyrrole nitrogens is 1. The number of rotatable bonds is 6. The Morgan fingerprint density at radius 1 is 1.19 bits per heavy atom. The molecule has 3 heterocycles. The number of nitrogens with one attached hydrogen (secondary N) is 2. The topological polar surface area (TPSA) is 109 Å². The van der Waals surface area contributed by atoms with E-state index in [9.17, 15) is 9.59 Å². The molecule has 1 aliphatic heterocycles. The number of halogens is 1. The molecule has 0 aliphatic carbocycles. The lowest BCUT2D eigenvalue weighted by Crippen LogP contribution is -2.44. The van der Waals surface area contributed by atoms with Crippen molar-refractivity contribution in [3.8, 4) is 0 Å². The van der Waals surface area contributed by atoms with Gasteiger partial charge in [0.05, 0.1) is 16.6 Å². The molecule has 36 heavy (non-hydrogen) atoms. The van der Waals surface area contributed by atoms with Crippen LogP contribution in [0.1, 0.15) is 61.4 Å². The van der Waals surface area contributed by atoms with Crippen LogP contribution in [0.4, 0.5) is 4.79 Å². The molecule has 0 radical (unpaired) electrons. The van der Waals surface area contributed by atoms with Crippen molar-refractivity contribution >= 4 is 34.6 Å². The molecule has 3 aromatic rings. The maximum absolute atomic E-state index is 13.1. The van der Waals surface area contributed by atoms with Gasteiger partial charge >= 0.3 is 6.16 Å². The van der Waals surface area contributed by atoms with Crippen molar-refractivity contribution in [3.63, 3.8) is 0 Å². The van der Waals surface area contributed by atoms with Crippen LogP contribution in [0, 0.1) is 6.92 Å². The molecule has 1 amide bonds. The number of fused-ring (bicyclic) bond motifs is 1. The number of aromatic nitrogens is 3. The van der Waals surface area contributed by atoms with Crippen LogP contribution in [0.2, 0.25) is 5.02 Å². The van der Waals surface area contributed by atoms with Gasteiger partial charge in [-0.3, -0.25) is 9.69 Å². The molecule has 2 aromatic heterocycles. The van der Waals surface area contributed by atoms with Crippen LogP contribution < -0.4 is 5.32 Å². The smallest absolute Gasteiger partial charge is 0.431 e. The van der Waals surface area contributed by atoms with Crippen LogP contribution in [-0.4, -0.2) is 63.3 Å². The normalized spacial score (nSPS) is 16.0. The van der Waals surface area contributed by atoms with Crippen molar-refractivity contribution in [1.29, 1.82) is 0 Å². The first-order valence-electron chi connectivity index (χ1n) is 12.1. The first kappa shape index (κ1) is 25.9. The molecule has 9 nitrogen and oxygen atoms in total.